The Morgan fingerprint density at radius 3 is 2.54 bits per heavy atom. The summed E-state index contributed by atoms with van der Waals surface area (Å²) in [7, 11) is 1.52. The molecule has 3 aliphatic rings. The number of methoxy groups -OCH3 is 1. The molecular weight excluding hydrogens is 691 g/mol. The van der Waals surface area contributed by atoms with E-state index in [2.05, 4.69) is 31.2 Å². The Morgan fingerprint density at radius 1 is 1.09 bits per heavy atom. The number of aromatic nitrogens is 4. The molecule has 0 saturated carbocycles. The van der Waals surface area contributed by atoms with Crippen molar-refractivity contribution in [2.45, 2.75) is 47.4 Å². The Bertz CT molecular complexity index is 1730. The number of nitrogens with zero attached hydrogens (tertiary/aromatic N) is 5. The Labute approximate surface area is 274 Å². The first-order chi connectivity index (χ1) is 22.3. The molecule has 240 valence electrons. The molecule has 0 bridgehead atoms. The molecule has 3 saturated heterocycles. The number of carbonyl (C=O) groups excluding carboxylic acids is 1. The molecule has 0 radical (unpaired) electrons. The molecule has 15 heteroatoms. The van der Waals surface area contributed by atoms with E-state index < -0.39 is 53.5 Å². The van der Waals surface area contributed by atoms with Gasteiger partial charge in [0, 0.05) is 46.9 Å². The van der Waals surface area contributed by atoms with Crippen molar-refractivity contribution in [2.24, 2.45) is 0 Å². The molecule has 0 aliphatic carbocycles. The highest BCUT2D eigenvalue weighted by molar-refractivity contribution is 9.10. The Kier molecular flexibility index (Phi) is 8.87. The number of hydrogen-bond donors (Lipinski definition) is 0. The lowest BCUT2D eigenvalue weighted by atomic mass is 9.95. The number of amides is 1. The number of thioether (sulfide) groups is 1. The average molecular weight is 719 g/mol. The summed E-state index contributed by atoms with van der Waals surface area (Å²) in [5.41, 5.74) is 0.523. The zero-order valence-electron chi connectivity index (χ0n) is 24.3. The number of hydrogen-bond acceptors (Lipinski definition) is 9. The molecule has 6 atom stereocenters. The fraction of sp³-hybridized carbons (Fsp3) is 0.355. The first-order valence-corrected chi connectivity index (χ1v) is 16.2. The van der Waals surface area contributed by atoms with Gasteiger partial charge in [-0.3, -0.25) is 4.79 Å². The lowest BCUT2D eigenvalue weighted by Gasteiger charge is -2.48. The molecule has 5 heterocycles. The molecule has 46 heavy (non-hydrogen) atoms. The molecule has 4 aromatic rings. The number of fused-ring (bicyclic) bond motifs is 1. The van der Waals surface area contributed by atoms with E-state index in [0.717, 1.165) is 24.1 Å². The van der Waals surface area contributed by atoms with Gasteiger partial charge in [0.15, 0.2) is 23.7 Å². The topological polar surface area (TPSA) is 101 Å². The third-order valence-corrected chi connectivity index (χ3v) is 9.77. The molecule has 1 amide bonds. The molecule has 6 unspecified atom stereocenters. The summed E-state index contributed by atoms with van der Waals surface area (Å²) in [4.78, 5) is 20.0. The molecule has 3 aliphatic heterocycles. The minimum absolute atomic E-state index is 0.00979. The van der Waals surface area contributed by atoms with Gasteiger partial charge in [-0.1, -0.05) is 47.3 Å². The SMILES string of the molecule is COC1C(Sc2cc(Br)cnc2C(=O)N2CCC2)OC2COC(c3ccccc3)OC2C1n1cc(-c2cc(F)c(F)c(F)c2)nn1. The molecule has 0 N–H and O–H groups in total. The normalized spacial score (nSPS) is 26.0. The van der Waals surface area contributed by atoms with Crippen LogP contribution < -0.4 is 0 Å². The molecule has 10 nitrogen and oxygen atoms in total. The zero-order chi connectivity index (χ0) is 31.9. The average Bonchev–Trinajstić information content (AvgIpc) is 3.52. The summed E-state index contributed by atoms with van der Waals surface area (Å²) < 4.78 is 69.3. The molecular formula is C31H27BrF3N5O5S. The van der Waals surface area contributed by atoms with Crippen molar-refractivity contribution in [3.63, 3.8) is 0 Å². The molecule has 2 aromatic carbocycles. The summed E-state index contributed by atoms with van der Waals surface area (Å²) in [6.07, 6.45) is 1.31. The molecule has 3 fully saturated rings. The standard InChI is InChI=1S/C31H27BrF3N5O5S/c1-42-28-26(40-14-21(37-38-40)17-10-19(33)24(35)20(34)11-17)27-22(15-43-30(45-27)16-6-3-2-4-7-16)44-31(28)46-23-12-18(32)13-36-25(23)29(41)39-8-5-9-39/h2-4,6-7,10-14,22,26-28,30-31H,5,8-9,15H2,1H3. The second kappa shape index (κ2) is 13.0. The van der Waals surface area contributed by atoms with E-state index in [-0.39, 0.29) is 23.8 Å². The Hall–Kier alpha value is -3.34. The summed E-state index contributed by atoms with van der Waals surface area (Å²) in [5, 5.41) is 8.46. The van der Waals surface area contributed by atoms with E-state index in [1.807, 2.05) is 36.4 Å². The number of likely N-dealkylation sites (tertiary alicyclic amines) is 1. The number of carbonyl (C=O) groups is 1. The van der Waals surface area contributed by atoms with Crippen LogP contribution in [0.1, 0.15) is 34.8 Å². The van der Waals surface area contributed by atoms with Crippen LogP contribution in [0.25, 0.3) is 11.3 Å². The van der Waals surface area contributed by atoms with Crippen LogP contribution in [0.3, 0.4) is 0 Å². The van der Waals surface area contributed by atoms with Crippen molar-refractivity contribution in [3.05, 3.63) is 94.1 Å². The van der Waals surface area contributed by atoms with Gasteiger partial charge in [0.25, 0.3) is 5.91 Å². The van der Waals surface area contributed by atoms with E-state index in [1.165, 1.54) is 29.8 Å². The first kappa shape index (κ1) is 31.3. The number of ether oxygens (including phenoxy) is 4. The van der Waals surface area contributed by atoms with Crippen molar-refractivity contribution in [2.75, 3.05) is 26.8 Å². The lowest BCUT2D eigenvalue weighted by Crippen LogP contribution is -2.59. The Morgan fingerprint density at radius 2 is 1.85 bits per heavy atom. The van der Waals surface area contributed by atoms with Crippen molar-refractivity contribution in [1.29, 1.82) is 0 Å². The number of benzene rings is 2. The minimum atomic E-state index is -1.57. The quantitative estimate of drug-likeness (QED) is 0.228. The van der Waals surface area contributed by atoms with Crippen molar-refractivity contribution >= 4 is 33.6 Å². The van der Waals surface area contributed by atoms with E-state index in [9.17, 15) is 18.0 Å². The predicted octanol–water partition coefficient (Wildman–Crippen LogP) is 5.55. The van der Waals surface area contributed by atoms with Crippen LogP contribution in [0.15, 0.2) is 70.3 Å². The van der Waals surface area contributed by atoms with Crippen molar-refractivity contribution in [3.8, 4) is 11.3 Å². The third kappa shape index (κ3) is 5.95. The fourth-order valence-corrected chi connectivity index (χ4v) is 7.50. The van der Waals surface area contributed by atoms with E-state index in [1.54, 1.807) is 11.1 Å². The third-order valence-electron chi connectivity index (χ3n) is 8.16. The summed E-state index contributed by atoms with van der Waals surface area (Å²) in [5.74, 6) is -4.42. The summed E-state index contributed by atoms with van der Waals surface area (Å²) in [6.45, 7) is 1.50. The van der Waals surface area contributed by atoms with Crippen LogP contribution in [0.2, 0.25) is 0 Å². The van der Waals surface area contributed by atoms with Gasteiger partial charge in [0.05, 0.1) is 12.8 Å². The minimum Gasteiger partial charge on any atom is -0.375 e. The summed E-state index contributed by atoms with van der Waals surface area (Å²) >= 11 is 4.75. The maximum absolute atomic E-state index is 14.1. The molecule has 0 spiro atoms. The van der Waals surface area contributed by atoms with Crippen LogP contribution in [0, 0.1) is 17.5 Å². The highest BCUT2D eigenvalue weighted by Gasteiger charge is 2.52. The van der Waals surface area contributed by atoms with Gasteiger partial charge in [0.2, 0.25) is 0 Å². The Balaban J connectivity index is 1.25. The highest BCUT2D eigenvalue weighted by Crippen LogP contribution is 2.45. The van der Waals surface area contributed by atoms with Crippen LogP contribution >= 0.6 is 27.7 Å². The monoisotopic (exact) mass is 717 g/mol. The summed E-state index contributed by atoms with van der Waals surface area (Å²) in [6, 6.07) is 12.3. The largest absolute Gasteiger partial charge is 0.375 e. The van der Waals surface area contributed by atoms with Crippen molar-refractivity contribution < 1.29 is 36.9 Å². The van der Waals surface area contributed by atoms with E-state index >= 15 is 0 Å². The fourth-order valence-electron chi connectivity index (χ4n) is 5.72. The second-order valence-electron chi connectivity index (χ2n) is 11.0. The van der Waals surface area contributed by atoms with Gasteiger partial charge in [-0.25, -0.2) is 22.8 Å². The zero-order valence-corrected chi connectivity index (χ0v) is 26.7. The van der Waals surface area contributed by atoms with Crippen LogP contribution in [0.4, 0.5) is 13.2 Å². The maximum Gasteiger partial charge on any atom is 0.273 e. The van der Waals surface area contributed by atoms with Gasteiger partial charge in [0.1, 0.15) is 41.2 Å². The van der Waals surface area contributed by atoms with Crippen LogP contribution in [-0.2, 0) is 18.9 Å². The number of halogens is 4. The van der Waals surface area contributed by atoms with Crippen LogP contribution in [0.5, 0.6) is 0 Å². The maximum atomic E-state index is 14.1. The second-order valence-corrected chi connectivity index (χ2v) is 13.1. The van der Waals surface area contributed by atoms with Crippen molar-refractivity contribution in [1.82, 2.24) is 24.9 Å². The van der Waals surface area contributed by atoms with Gasteiger partial charge in [-0.05, 0) is 40.5 Å². The number of rotatable bonds is 7. The molecule has 2 aromatic heterocycles. The highest BCUT2D eigenvalue weighted by atomic mass is 79.9. The van der Waals surface area contributed by atoms with Gasteiger partial charge < -0.3 is 23.8 Å². The first-order valence-electron chi connectivity index (χ1n) is 14.5. The van der Waals surface area contributed by atoms with Gasteiger partial charge in [-0.2, -0.15) is 0 Å². The molecule has 7 rings (SSSR count). The van der Waals surface area contributed by atoms with Crippen LogP contribution in [-0.4, -0.2) is 81.3 Å². The lowest BCUT2D eigenvalue weighted by molar-refractivity contribution is -0.308. The predicted molar refractivity (Wildman–Crippen MR) is 162 cm³/mol. The van der Waals surface area contributed by atoms with E-state index in [0.29, 0.717) is 28.2 Å². The van der Waals surface area contributed by atoms with Gasteiger partial charge >= 0.3 is 0 Å². The van der Waals surface area contributed by atoms with Gasteiger partial charge in [-0.15, -0.1) is 5.10 Å². The smallest absolute Gasteiger partial charge is 0.273 e. The number of pyridine rings is 1. The van der Waals surface area contributed by atoms with E-state index in [4.69, 9.17) is 18.9 Å².